The number of carbonyl (C=O) groups is 1. The molecule has 2 aromatic rings. The Morgan fingerprint density at radius 1 is 1.00 bits per heavy atom. The second-order valence-electron chi connectivity index (χ2n) is 6.98. The highest BCUT2D eigenvalue weighted by Crippen LogP contribution is 2.18. The highest BCUT2D eigenvalue weighted by atomic mass is 32.2. The summed E-state index contributed by atoms with van der Waals surface area (Å²) in [5.41, 5.74) is 0.993. The molecular weight excluding hydrogens is 336 g/mol. The van der Waals surface area contributed by atoms with E-state index in [1.807, 2.05) is 51.1 Å². The topological polar surface area (TPSA) is 66.5 Å². The molecule has 25 heavy (non-hydrogen) atoms. The normalized spacial score (nSPS) is 12.2. The Balaban J connectivity index is 2.16. The van der Waals surface area contributed by atoms with Crippen LogP contribution in [0, 0.1) is 0 Å². The lowest BCUT2D eigenvalue weighted by Crippen LogP contribution is -2.40. The van der Waals surface area contributed by atoms with Crippen molar-refractivity contribution in [3.8, 4) is 0 Å². The number of sulfonamides is 1. The van der Waals surface area contributed by atoms with Crippen LogP contribution in [0.3, 0.4) is 0 Å². The molecule has 0 spiro atoms. The molecule has 6 heteroatoms. The maximum absolute atomic E-state index is 12.7. The van der Waals surface area contributed by atoms with Crippen molar-refractivity contribution in [2.75, 3.05) is 7.05 Å². The van der Waals surface area contributed by atoms with Gasteiger partial charge in [-0.05, 0) is 50.6 Å². The number of benzene rings is 2. The van der Waals surface area contributed by atoms with Crippen LogP contribution >= 0.6 is 0 Å². The maximum Gasteiger partial charge on any atom is 0.251 e. The van der Waals surface area contributed by atoms with Gasteiger partial charge in [0.2, 0.25) is 10.0 Å². The van der Waals surface area contributed by atoms with Gasteiger partial charge in [0.25, 0.3) is 5.91 Å². The minimum atomic E-state index is -3.61. The van der Waals surface area contributed by atoms with Gasteiger partial charge in [0.1, 0.15) is 0 Å². The summed E-state index contributed by atoms with van der Waals surface area (Å²) >= 11 is 0. The second kappa shape index (κ2) is 7.37. The Kier molecular flexibility index (Phi) is 5.65. The maximum atomic E-state index is 12.7. The molecule has 0 saturated heterocycles. The van der Waals surface area contributed by atoms with Gasteiger partial charge >= 0.3 is 0 Å². The Bertz CT molecular complexity index is 823. The Morgan fingerprint density at radius 3 is 2.08 bits per heavy atom. The molecule has 2 rings (SSSR count). The summed E-state index contributed by atoms with van der Waals surface area (Å²) in [6, 6.07) is 15.4. The molecule has 0 aliphatic carbocycles. The first-order chi connectivity index (χ1) is 11.6. The van der Waals surface area contributed by atoms with Gasteiger partial charge < -0.3 is 5.32 Å². The molecular formula is C19H24N2O3S. The number of hydrogen-bond acceptors (Lipinski definition) is 3. The molecule has 0 saturated carbocycles. The van der Waals surface area contributed by atoms with Crippen molar-refractivity contribution >= 4 is 15.9 Å². The summed E-state index contributed by atoms with van der Waals surface area (Å²) in [7, 11) is -2.07. The van der Waals surface area contributed by atoms with Crippen LogP contribution in [0.4, 0.5) is 0 Å². The van der Waals surface area contributed by atoms with E-state index in [2.05, 4.69) is 5.32 Å². The molecule has 0 bridgehead atoms. The number of nitrogens with one attached hydrogen (secondary N) is 1. The standard InChI is InChI=1S/C19H24N2O3S/c1-19(2,3)20-18(22)16-10-12-17(13-11-16)25(23,24)21(4)14-15-8-6-5-7-9-15/h5-13H,14H2,1-4H3,(H,20,22). The lowest BCUT2D eigenvalue weighted by Gasteiger charge is -2.21. The molecule has 0 aromatic heterocycles. The molecule has 1 amide bonds. The first kappa shape index (κ1) is 19.1. The van der Waals surface area contributed by atoms with Crippen LogP contribution in [-0.4, -0.2) is 31.2 Å². The van der Waals surface area contributed by atoms with Crippen molar-refractivity contribution in [3.05, 3.63) is 65.7 Å². The monoisotopic (exact) mass is 360 g/mol. The summed E-state index contributed by atoms with van der Waals surface area (Å²) in [6.07, 6.45) is 0. The molecule has 0 fully saturated rings. The molecule has 2 aromatic carbocycles. The first-order valence-corrected chi connectivity index (χ1v) is 9.46. The van der Waals surface area contributed by atoms with E-state index in [-0.39, 0.29) is 22.9 Å². The minimum Gasteiger partial charge on any atom is -0.347 e. The van der Waals surface area contributed by atoms with Gasteiger partial charge in [-0.1, -0.05) is 30.3 Å². The first-order valence-electron chi connectivity index (χ1n) is 8.02. The number of hydrogen-bond donors (Lipinski definition) is 1. The zero-order valence-electron chi connectivity index (χ0n) is 15.0. The predicted octanol–water partition coefficient (Wildman–Crippen LogP) is 3.04. The van der Waals surface area contributed by atoms with Crippen LogP contribution < -0.4 is 5.32 Å². The smallest absolute Gasteiger partial charge is 0.251 e. The van der Waals surface area contributed by atoms with E-state index >= 15 is 0 Å². The van der Waals surface area contributed by atoms with E-state index < -0.39 is 10.0 Å². The van der Waals surface area contributed by atoms with Crippen molar-refractivity contribution in [3.63, 3.8) is 0 Å². The predicted molar refractivity (Wildman–Crippen MR) is 98.8 cm³/mol. The van der Waals surface area contributed by atoms with Gasteiger partial charge in [0.15, 0.2) is 0 Å². The third kappa shape index (κ3) is 5.14. The zero-order chi connectivity index (χ0) is 18.7. The molecule has 0 unspecified atom stereocenters. The molecule has 0 aliphatic heterocycles. The third-order valence-electron chi connectivity index (χ3n) is 3.56. The highest BCUT2D eigenvalue weighted by Gasteiger charge is 2.22. The fraction of sp³-hybridized carbons (Fsp3) is 0.316. The fourth-order valence-corrected chi connectivity index (χ4v) is 3.46. The molecule has 0 atom stereocenters. The van der Waals surface area contributed by atoms with E-state index in [1.54, 1.807) is 7.05 Å². The van der Waals surface area contributed by atoms with Gasteiger partial charge in [-0.2, -0.15) is 4.31 Å². The summed E-state index contributed by atoms with van der Waals surface area (Å²) < 4.78 is 26.6. The molecule has 134 valence electrons. The van der Waals surface area contributed by atoms with Gasteiger partial charge in [-0.15, -0.1) is 0 Å². The number of carbonyl (C=O) groups excluding carboxylic acids is 1. The molecule has 0 aliphatic rings. The van der Waals surface area contributed by atoms with Crippen LogP contribution in [0.1, 0.15) is 36.7 Å². The van der Waals surface area contributed by atoms with Gasteiger partial charge in [-0.3, -0.25) is 4.79 Å². The average molecular weight is 360 g/mol. The van der Waals surface area contributed by atoms with Crippen molar-refractivity contribution < 1.29 is 13.2 Å². The van der Waals surface area contributed by atoms with Crippen LogP contribution in [0.5, 0.6) is 0 Å². The summed E-state index contributed by atoms with van der Waals surface area (Å²) in [4.78, 5) is 12.3. The zero-order valence-corrected chi connectivity index (χ0v) is 15.8. The lowest BCUT2D eigenvalue weighted by atomic mass is 10.1. The third-order valence-corrected chi connectivity index (χ3v) is 5.38. The minimum absolute atomic E-state index is 0.165. The largest absolute Gasteiger partial charge is 0.347 e. The fourth-order valence-electron chi connectivity index (χ4n) is 2.30. The molecule has 0 radical (unpaired) electrons. The summed E-state index contributed by atoms with van der Waals surface area (Å²) in [5.74, 6) is -0.228. The SMILES string of the molecule is CN(Cc1ccccc1)S(=O)(=O)c1ccc(C(=O)NC(C)(C)C)cc1. The quantitative estimate of drug-likeness (QED) is 0.891. The molecule has 5 nitrogen and oxygen atoms in total. The van der Waals surface area contributed by atoms with Gasteiger partial charge in [0.05, 0.1) is 4.90 Å². The van der Waals surface area contributed by atoms with Gasteiger partial charge in [0, 0.05) is 24.7 Å². The van der Waals surface area contributed by atoms with Crippen molar-refractivity contribution in [2.24, 2.45) is 0 Å². The number of rotatable bonds is 5. The highest BCUT2D eigenvalue weighted by molar-refractivity contribution is 7.89. The van der Waals surface area contributed by atoms with E-state index in [1.165, 1.54) is 28.6 Å². The van der Waals surface area contributed by atoms with Crippen LogP contribution in [0.15, 0.2) is 59.5 Å². The Morgan fingerprint density at radius 2 is 1.56 bits per heavy atom. The lowest BCUT2D eigenvalue weighted by molar-refractivity contribution is 0.0919. The van der Waals surface area contributed by atoms with E-state index in [4.69, 9.17) is 0 Å². The average Bonchev–Trinajstić information content (AvgIpc) is 2.54. The summed E-state index contributed by atoms with van der Waals surface area (Å²) in [5, 5.41) is 2.85. The van der Waals surface area contributed by atoms with E-state index in [0.717, 1.165) is 5.56 Å². The van der Waals surface area contributed by atoms with Crippen molar-refractivity contribution in [2.45, 2.75) is 37.8 Å². The molecule has 1 N–H and O–H groups in total. The van der Waals surface area contributed by atoms with Crippen molar-refractivity contribution in [1.82, 2.24) is 9.62 Å². The van der Waals surface area contributed by atoms with E-state index in [0.29, 0.717) is 5.56 Å². The summed E-state index contributed by atoms with van der Waals surface area (Å²) in [6.45, 7) is 5.96. The van der Waals surface area contributed by atoms with Crippen LogP contribution in [0.25, 0.3) is 0 Å². The van der Waals surface area contributed by atoms with Crippen LogP contribution in [0.2, 0.25) is 0 Å². The van der Waals surface area contributed by atoms with Crippen molar-refractivity contribution in [1.29, 1.82) is 0 Å². The van der Waals surface area contributed by atoms with Crippen LogP contribution in [-0.2, 0) is 16.6 Å². The van der Waals surface area contributed by atoms with E-state index in [9.17, 15) is 13.2 Å². The second-order valence-corrected chi connectivity index (χ2v) is 9.02. The Hall–Kier alpha value is -2.18. The van der Waals surface area contributed by atoms with Gasteiger partial charge in [-0.25, -0.2) is 8.42 Å². The number of nitrogens with zero attached hydrogens (tertiary/aromatic N) is 1. The molecule has 0 heterocycles. The Labute approximate surface area is 149 Å². The number of amides is 1.